The average molecular weight is 566 g/mol. The first-order chi connectivity index (χ1) is 19.7. The summed E-state index contributed by atoms with van der Waals surface area (Å²) in [5.41, 5.74) is 3.98. The molecule has 0 saturated heterocycles. The van der Waals surface area contributed by atoms with Gasteiger partial charge < -0.3 is 9.84 Å². The minimum absolute atomic E-state index is 0.0244. The van der Waals surface area contributed by atoms with Crippen LogP contribution in [0.3, 0.4) is 0 Å². The molecule has 2 heterocycles. The average Bonchev–Trinajstić information content (AvgIpc) is 3.40. The molecule has 0 aliphatic heterocycles. The topological polar surface area (TPSA) is 95.1 Å². The van der Waals surface area contributed by atoms with Gasteiger partial charge in [0.05, 0.1) is 35.8 Å². The highest BCUT2D eigenvalue weighted by molar-refractivity contribution is 5.89. The Morgan fingerprint density at radius 3 is 2.56 bits per heavy atom. The molecule has 2 aromatic heterocycles. The zero-order valence-electron chi connectivity index (χ0n) is 22.5. The lowest BCUT2D eigenvalue weighted by Crippen LogP contribution is -2.36. The highest BCUT2D eigenvalue weighted by Crippen LogP contribution is 2.55. The van der Waals surface area contributed by atoms with Gasteiger partial charge in [-0.1, -0.05) is 42.3 Å². The number of halogens is 3. The van der Waals surface area contributed by atoms with Gasteiger partial charge in [-0.15, -0.1) is 5.10 Å². The third-order valence-electron chi connectivity index (χ3n) is 8.23. The Morgan fingerprint density at radius 2 is 1.83 bits per heavy atom. The van der Waals surface area contributed by atoms with Crippen molar-refractivity contribution in [2.45, 2.75) is 50.1 Å². The Balaban J connectivity index is 1.24. The number of nitrogens with zero attached hydrogens (tertiary/aromatic N) is 5. The standard InChI is InChI=1S/C30H30F3N5O3/c1-37-16-27(35-36-37)23-14-24(23)28-25(29(39)40)15-34-38(28)21-9-4-7-18(12-21)19-8-5-10-22(13-19)41-17-20-6-2-3-11-26(20)30(31,32)33/h4-5,7-10,12-13,15-16,20,23-24,26H,2-3,6,11,14,17H2,1H3,(H,39,40)/t20?,23-,24-,26?/m1/s1. The first-order valence-corrected chi connectivity index (χ1v) is 13.8. The number of ether oxygens (including phenoxy) is 1. The number of benzene rings is 2. The summed E-state index contributed by atoms with van der Waals surface area (Å²) in [5.74, 6) is -2.39. The second-order valence-electron chi connectivity index (χ2n) is 11.0. The molecule has 2 fully saturated rings. The molecule has 214 valence electrons. The molecule has 0 amide bonds. The van der Waals surface area contributed by atoms with Gasteiger partial charge >= 0.3 is 12.1 Å². The molecular formula is C30H30F3N5O3. The van der Waals surface area contributed by atoms with Crippen molar-refractivity contribution < 1.29 is 27.8 Å². The minimum atomic E-state index is -4.21. The quantitative estimate of drug-likeness (QED) is 0.266. The lowest BCUT2D eigenvalue weighted by atomic mass is 9.79. The maximum atomic E-state index is 13.5. The van der Waals surface area contributed by atoms with Gasteiger partial charge in [0.2, 0.25) is 0 Å². The van der Waals surface area contributed by atoms with Gasteiger partial charge in [0.15, 0.2) is 0 Å². The number of hydrogen-bond donors (Lipinski definition) is 1. The Bertz CT molecular complexity index is 1560. The Hall–Kier alpha value is -4.15. The van der Waals surface area contributed by atoms with Crippen LogP contribution in [0.5, 0.6) is 5.75 Å². The maximum Gasteiger partial charge on any atom is 0.392 e. The summed E-state index contributed by atoms with van der Waals surface area (Å²) in [6.07, 6.45) is 1.81. The zero-order valence-corrected chi connectivity index (χ0v) is 22.5. The van der Waals surface area contributed by atoms with E-state index in [2.05, 4.69) is 15.4 Å². The number of alkyl halides is 3. The van der Waals surface area contributed by atoms with E-state index < -0.39 is 24.0 Å². The van der Waals surface area contributed by atoms with Crippen molar-refractivity contribution in [3.05, 3.63) is 77.9 Å². The molecular weight excluding hydrogens is 535 g/mol. The van der Waals surface area contributed by atoms with Crippen LogP contribution in [-0.2, 0) is 7.05 Å². The van der Waals surface area contributed by atoms with Crippen LogP contribution < -0.4 is 4.74 Å². The number of aryl methyl sites for hydroxylation is 1. The highest BCUT2D eigenvalue weighted by atomic mass is 19.4. The molecule has 6 rings (SSSR count). The van der Waals surface area contributed by atoms with E-state index in [1.165, 1.54) is 6.20 Å². The van der Waals surface area contributed by atoms with Gasteiger partial charge in [0.25, 0.3) is 0 Å². The smallest absolute Gasteiger partial charge is 0.392 e. The van der Waals surface area contributed by atoms with Gasteiger partial charge in [-0.2, -0.15) is 18.3 Å². The second-order valence-corrected chi connectivity index (χ2v) is 11.0. The van der Waals surface area contributed by atoms with E-state index >= 15 is 0 Å². The Morgan fingerprint density at radius 1 is 1.07 bits per heavy atom. The zero-order chi connectivity index (χ0) is 28.7. The van der Waals surface area contributed by atoms with Gasteiger partial charge in [0.1, 0.15) is 11.3 Å². The molecule has 1 N–H and O–H groups in total. The molecule has 8 nitrogen and oxygen atoms in total. The lowest BCUT2D eigenvalue weighted by molar-refractivity contribution is -0.198. The Labute approximate surface area is 234 Å². The van der Waals surface area contributed by atoms with Gasteiger partial charge in [0, 0.05) is 31.0 Å². The van der Waals surface area contributed by atoms with Crippen molar-refractivity contribution >= 4 is 5.97 Å². The van der Waals surface area contributed by atoms with Crippen LogP contribution in [0.25, 0.3) is 16.8 Å². The van der Waals surface area contributed by atoms with E-state index in [4.69, 9.17) is 4.74 Å². The molecule has 2 unspecified atom stereocenters. The van der Waals surface area contributed by atoms with Crippen molar-refractivity contribution in [1.82, 2.24) is 24.8 Å². The largest absolute Gasteiger partial charge is 0.493 e. The Kier molecular flexibility index (Phi) is 7.04. The number of carboxylic acid groups (broad SMARTS) is 1. The molecule has 0 spiro atoms. The first kappa shape index (κ1) is 27.0. The van der Waals surface area contributed by atoms with Crippen LogP contribution in [0.4, 0.5) is 13.2 Å². The summed E-state index contributed by atoms with van der Waals surface area (Å²) in [7, 11) is 1.79. The molecule has 4 atom stereocenters. The summed E-state index contributed by atoms with van der Waals surface area (Å²) in [6.45, 7) is 0.0244. The third-order valence-corrected chi connectivity index (χ3v) is 8.23. The van der Waals surface area contributed by atoms with Crippen LogP contribution in [0.15, 0.2) is 60.9 Å². The lowest BCUT2D eigenvalue weighted by Gasteiger charge is -2.32. The minimum Gasteiger partial charge on any atom is -0.493 e. The summed E-state index contributed by atoms with van der Waals surface area (Å²) in [4.78, 5) is 12.1. The fraction of sp³-hybridized carbons (Fsp3) is 0.400. The van der Waals surface area contributed by atoms with E-state index in [0.717, 1.165) is 29.7 Å². The van der Waals surface area contributed by atoms with Crippen LogP contribution in [0.2, 0.25) is 0 Å². The van der Waals surface area contributed by atoms with Crippen molar-refractivity contribution in [2.75, 3.05) is 6.61 Å². The first-order valence-electron chi connectivity index (χ1n) is 13.8. The van der Waals surface area contributed by atoms with Crippen LogP contribution >= 0.6 is 0 Å². The van der Waals surface area contributed by atoms with Crippen molar-refractivity contribution in [3.8, 4) is 22.6 Å². The number of hydrogen-bond acceptors (Lipinski definition) is 5. The highest BCUT2D eigenvalue weighted by Gasteiger charge is 2.46. The maximum absolute atomic E-state index is 13.5. The number of rotatable bonds is 8. The summed E-state index contributed by atoms with van der Waals surface area (Å²) < 4.78 is 49.7. The molecule has 41 heavy (non-hydrogen) atoms. The van der Waals surface area contributed by atoms with Crippen LogP contribution in [0, 0.1) is 11.8 Å². The predicted molar refractivity (Wildman–Crippen MR) is 144 cm³/mol. The number of aromatic nitrogens is 5. The van der Waals surface area contributed by atoms with E-state index in [1.54, 1.807) is 22.5 Å². The van der Waals surface area contributed by atoms with Crippen molar-refractivity contribution in [2.24, 2.45) is 18.9 Å². The van der Waals surface area contributed by atoms with Crippen LogP contribution in [0.1, 0.15) is 65.7 Å². The molecule has 0 radical (unpaired) electrons. The third kappa shape index (κ3) is 5.57. The number of carbonyl (C=O) groups is 1. The molecule has 4 aromatic rings. The number of carboxylic acids is 1. The molecule has 2 aliphatic carbocycles. The van der Waals surface area contributed by atoms with Gasteiger partial charge in [-0.3, -0.25) is 4.68 Å². The summed E-state index contributed by atoms with van der Waals surface area (Å²) in [6, 6.07) is 14.9. The normalized spacial score (nSPS) is 22.4. The molecule has 2 aliphatic rings. The van der Waals surface area contributed by atoms with E-state index in [0.29, 0.717) is 30.0 Å². The summed E-state index contributed by atoms with van der Waals surface area (Å²) >= 11 is 0. The molecule has 2 saturated carbocycles. The molecule has 2 aromatic carbocycles. The van der Waals surface area contributed by atoms with E-state index in [9.17, 15) is 23.1 Å². The second kappa shape index (κ2) is 10.7. The van der Waals surface area contributed by atoms with Crippen molar-refractivity contribution in [1.29, 1.82) is 0 Å². The van der Waals surface area contributed by atoms with Crippen molar-refractivity contribution in [3.63, 3.8) is 0 Å². The monoisotopic (exact) mass is 565 g/mol. The fourth-order valence-electron chi connectivity index (χ4n) is 6.07. The fourth-order valence-corrected chi connectivity index (χ4v) is 6.07. The summed E-state index contributed by atoms with van der Waals surface area (Å²) in [5, 5.41) is 22.5. The molecule has 11 heteroatoms. The predicted octanol–water partition coefficient (Wildman–Crippen LogP) is 6.38. The van der Waals surface area contributed by atoms with E-state index in [1.807, 2.05) is 48.7 Å². The van der Waals surface area contributed by atoms with Crippen LogP contribution in [-0.4, -0.2) is 48.6 Å². The number of aromatic carboxylic acids is 1. The van der Waals surface area contributed by atoms with Gasteiger partial charge in [-0.25, -0.2) is 9.48 Å². The molecule has 0 bridgehead atoms. The SMILES string of the molecule is Cn1cc([C@@H]2C[C@H]2c2c(C(=O)O)cnn2-c2cccc(-c3cccc(OCC4CCCCC4C(F)(F)F)c3)c2)nn1. The van der Waals surface area contributed by atoms with Gasteiger partial charge in [-0.05, 0) is 54.7 Å². The van der Waals surface area contributed by atoms with E-state index in [-0.39, 0.29) is 30.4 Å².